The number of fused-ring (bicyclic) bond motifs is 1. The SMILES string of the molecule is Cc1ccc(-c2ncc3n2CC(CO)CC3)s1. The van der Waals surface area contributed by atoms with Crippen LogP contribution in [0.25, 0.3) is 10.7 Å². The Morgan fingerprint density at radius 3 is 3.12 bits per heavy atom. The molecule has 90 valence electrons. The summed E-state index contributed by atoms with van der Waals surface area (Å²) < 4.78 is 2.27. The van der Waals surface area contributed by atoms with Crippen molar-refractivity contribution < 1.29 is 5.11 Å². The fourth-order valence-electron chi connectivity index (χ4n) is 2.42. The zero-order valence-corrected chi connectivity index (χ0v) is 10.7. The largest absolute Gasteiger partial charge is 0.396 e. The molecule has 0 radical (unpaired) electrons. The van der Waals surface area contributed by atoms with Gasteiger partial charge in [-0.1, -0.05) is 0 Å². The molecule has 3 rings (SSSR count). The van der Waals surface area contributed by atoms with Crippen molar-refractivity contribution in [3.63, 3.8) is 0 Å². The predicted molar refractivity (Wildman–Crippen MR) is 69.2 cm³/mol. The van der Waals surface area contributed by atoms with Gasteiger partial charge in [0.15, 0.2) is 0 Å². The van der Waals surface area contributed by atoms with Gasteiger partial charge in [0.25, 0.3) is 0 Å². The molecule has 0 aromatic carbocycles. The third kappa shape index (κ3) is 1.91. The third-order valence-corrected chi connectivity index (χ3v) is 4.40. The van der Waals surface area contributed by atoms with Gasteiger partial charge in [0, 0.05) is 35.8 Å². The lowest BCUT2D eigenvalue weighted by Crippen LogP contribution is -2.22. The van der Waals surface area contributed by atoms with Crippen LogP contribution in [0.3, 0.4) is 0 Å². The molecule has 0 fully saturated rings. The summed E-state index contributed by atoms with van der Waals surface area (Å²) in [5.41, 5.74) is 1.30. The van der Waals surface area contributed by atoms with Gasteiger partial charge in [-0.25, -0.2) is 4.98 Å². The Hall–Kier alpha value is -1.13. The van der Waals surface area contributed by atoms with Gasteiger partial charge in [-0.3, -0.25) is 0 Å². The standard InChI is InChI=1S/C13H16N2OS/c1-9-2-5-12(17-9)13-14-6-11-4-3-10(8-16)7-15(11)13/h2,5-6,10,16H,3-4,7-8H2,1H3. The maximum Gasteiger partial charge on any atom is 0.150 e. The molecule has 17 heavy (non-hydrogen) atoms. The Bertz CT molecular complexity index is 529. The number of rotatable bonds is 2. The highest BCUT2D eigenvalue weighted by Crippen LogP contribution is 2.31. The second-order valence-corrected chi connectivity index (χ2v) is 5.97. The first-order valence-corrected chi connectivity index (χ1v) is 6.81. The molecular weight excluding hydrogens is 232 g/mol. The van der Waals surface area contributed by atoms with Gasteiger partial charge in [-0.2, -0.15) is 0 Å². The van der Waals surface area contributed by atoms with Gasteiger partial charge in [-0.05, 0) is 31.9 Å². The summed E-state index contributed by atoms with van der Waals surface area (Å²) in [7, 11) is 0. The Labute approximate surface area is 105 Å². The van der Waals surface area contributed by atoms with Crippen LogP contribution in [0.2, 0.25) is 0 Å². The molecule has 0 saturated heterocycles. The number of thiophene rings is 1. The molecule has 2 aromatic heterocycles. The number of imidazole rings is 1. The monoisotopic (exact) mass is 248 g/mol. The molecule has 0 aliphatic carbocycles. The van der Waals surface area contributed by atoms with Crippen molar-refractivity contribution in [3.8, 4) is 10.7 Å². The molecule has 0 amide bonds. The van der Waals surface area contributed by atoms with E-state index in [4.69, 9.17) is 0 Å². The molecule has 0 saturated carbocycles. The van der Waals surface area contributed by atoms with Crippen LogP contribution in [0.5, 0.6) is 0 Å². The van der Waals surface area contributed by atoms with Crippen LogP contribution in [0, 0.1) is 12.8 Å². The van der Waals surface area contributed by atoms with Gasteiger partial charge < -0.3 is 9.67 Å². The molecule has 1 unspecified atom stereocenters. The molecular formula is C13H16N2OS. The van der Waals surface area contributed by atoms with Gasteiger partial charge in [-0.15, -0.1) is 11.3 Å². The van der Waals surface area contributed by atoms with Crippen molar-refractivity contribution in [2.24, 2.45) is 5.92 Å². The summed E-state index contributed by atoms with van der Waals surface area (Å²) in [6.45, 7) is 3.30. The van der Waals surface area contributed by atoms with E-state index in [2.05, 4.69) is 28.6 Å². The molecule has 4 heteroatoms. The van der Waals surface area contributed by atoms with Crippen molar-refractivity contribution in [2.75, 3.05) is 6.61 Å². The maximum absolute atomic E-state index is 9.29. The van der Waals surface area contributed by atoms with Crippen molar-refractivity contribution in [2.45, 2.75) is 26.3 Å². The maximum atomic E-state index is 9.29. The summed E-state index contributed by atoms with van der Waals surface area (Å²) >= 11 is 1.78. The Balaban J connectivity index is 2.00. The molecule has 0 spiro atoms. The number of aryl methyl sites for hydroxylation is 2. The summed E-state index contributed by atoms with van der Waals surface area (Å²) in [5.74, 6) is 1.45. The first-order valence-electron chi connectivity index (χ1n) is 6.00. The first kappa shape index (κ1) is 11.0. The summed E-state index contributed by atoms with van der Waals surface area (Å²) in [5, 5.41) is 9.29. The second-order valence-electron chi connectivity index (χ2n) is 4.68. The summed E-state index contributed by atoms with van der Waals surface area (Å²) in [4.78, 5) is 7.08. The van der Waals surface area contributed by atoms with Gasteiger partial charge in [0.2, 0.25) is 0 Å². The normalized spacial score (nSPS) is 19.3. The Morgan fingerprint density at radius 2 is 2.41 bits per heavy atom. The number of aliphatic hydroxyl groups is 1. The van der Waals surface area contributed by atoms with Crippen LogP contribution in [0.4, 0.5) is 0 Å². The average Bonchev–Trinajstić information content (AvgIpc) is 2.93. The van der Waals surface area contributed by atoms with Crippen LogP contribution < -0.4 is 0 Å². The Morgan fingerprint density at radius 1 is 1.53 bits per heavy atom. The van der Waals surface area contributed by atoms with Crippen LogP contribution in [0.15, 0.2) is 18.3 Å². The zero-order valence-electron chi connectivity index (χ0n) is 9.89. The average molecular weight is 248 g/mol. The molecule has 1 aliphatic rings. The van der Waals surface area contributed by atoms with Gasteiger partial charge in [0.1, 0.15) is 5.82 Å². The first-order chi connectivity index (χ1) is 8.28. The van der Waals surface area contributed by atoms with E-state index in [-0.39, 0.29) is 6.61 Å². The van der Waals surface area contributed by atoms with Crippen LogP contribution >= 0.6 is 11.3 Å². The summed E-state index contributed by atoms with van der Waals surface area (Å²) in [6, 6.07) is 4.27. The van der Waals surface area contributed by atoms with Gasteiger partial charge >= 0.3 is 0 Å². The van der Waals surface area contributed by atoms with Crippen molar-refractivity contribution in [3.05, 3.63) is 28.9 Å². The zero-order chi connectivity index (χ0) is 11.8. The lowest BCUT2D eigenvalue weighted by molar-refractivity contribution is 0.192. The molecule has 1 atom stereocenters. The van der Waals surface area contributed by atoms with E-state index >= 15 is 0 Å². The predicted octanol–water partition coefficient (Wildman–Crippen LogP) is 2.47. The number of hydrogen-bond acceptors (Lipinski definition) is 3. The number of aliphatic hydroxyl groups excluding tert-OH is 1. The van der Waals surface area contributed by atoms with E-state index in [0.29, 0.717) is 5.92 Å². The fraction of sp³-hybridized carbons (Fsp3) is 0.462. The van der Waals surface area contributed by atoms with E-state index in [1.807, 2.05) is 6.20 Å². The van der Waals surface area contributed by atoms with Crippen LogP contribution in [-0.4, -0.2) is 21.3 Å². The minimum atomic E-state index is 0.278. The molecule has 3 nitrogen and oxygen atoms in total. The molecule has 0 bridgehead atoms. The summed E-state index contributed by atoms with van der Waals surface area (Å²) in [6.07, 6.45) is 4.09. The second kappa shape index (κ2) is 4.27. The van der Waals surface area contributed by atoms with Gasteiger partial charge in [0.05, 0.1) is 4.88 Å². The van der Waals surface area contributed by atoms with E-state index in [9.17, 15) is 5.11 Å². The van der Waals surface area contributed by atoms with Crippen molar-refractivity contribution >= 4 is 11.3 Å². The number of hydrogen-bond donors (Lipinski definition) is 1. The minimum Gasteiger partial charge on any atom is -0.396 e. The molecule has 1 N–H and O–H groups in total. The van der Waals surface area contributed by atoms with E-state index in [0.717, 1.165) is 25.2 Å². The lowest BCUT2D eigenvalue weighted by atomic mass is 9.99. The minimum absolute atomic E-state index is 0.278. The lowest BCUT2D eigenvalue weighted by Gasteiger charge is -2.23. The quantitative estimate of drug-likeness (QED) is 0.886. The van der Waals surface area contributed by atoms with E-state index < -0.39 is 0 Å². The molecule has 2 aromatic rings. The number of aromatic nitrogens is 2. The van der Waals surface area contributed by atoms with Crippen LogP contribution in [-0.2, 0) is 13.0 Å². The number of nitrogens with zero attached hydrogens (tertiary/aromatic N) is 2. The van der Waals surface area contributed by atoms with Crippen molar-refractivity contribution in [1.82, 2.24) is 9.55 Å². The third-order valence-electron chi connectivity index (χ3n) is 3.41. The highest BCUT2D eigenvalue weighted by molar-refractivity contribution is 7.15. The van der Waals surface area contributed by atoms with Crippen LogP contribution in [0.1, 0.15) is 17.0 Å². The fourth-order valence-corrected chi connectivity index (χ4v) is 3.29. The van der Waals surface area contributed by atoms with E-state index in [1.165, 1.54) is 15.4 Å². The van der Waals surface area contributed by atoms with Crippen molar-refractivity contribution in [1.29, 1.82) is 0 Å². The smallest absolute Gasteiger partial charge is 0.150 e. The topological polar surface area (TPSA) is 38.0 Å². The molecule has 1 aliphatic heterocycles. The Kier molecular flexibility index (Phi) is 2.76. The van der Waals surface area contributed by atoms with E-state index in [1.54, 1.807) is 11.3 Å². The highest BCUT2D eigenvalue weighted by Gasteiger charge is 2.21. The highest BCUT2D eigenvalue weighted by atomic mass is 32.1. The molecule has 3 heterocycles.